The van der Waals surface area contributed by atoms with Crippen molar-refractivity contribution in [1.82, 2.24) is 0 Å². The van der Waals surface area contributed by atoms with Crippen molar-refractivity contribution in [3.05, 3.63) is 47.5 Å². The fourth-order valence-corrected chi connectivity index (χ4v) is 2.50. The fraction of sp³-hybridized carbons (Fsp3) is 0.500. The quantitative estimate of drug-likeness (QED) is 0.622. The lowest BCUT2D eigenvalue weighted by Gasteiger charge is -2.22. The monoisotopic (exact) mass is 268 g/mol. The van der Waals surface area contributed by atoms with Crippen LogP contribution in [0.5, 0.6) is 0 Å². The summed E-state index contributed by atoms with van der Waals surface area (Å²) in [5.74, 6) is 0. The van der Waals surface area contributed by atoms with Crippen LogP contribution in [-0.2, 0) is 10.8 Å². The largest absolute Gasteiger partial charge is 0.0646 e. The molecule has 2 rings (SSSR count). The number of hydrogen-bond donors (Lipinski definition) is 0. The van der Waals surface area contributed by atoms with E-state index in [1.165, 1.54) is 28.7 Å². The minimum Gasteiger partial charge on any atom is -0.0646 e. The Morgan fingerprint density at radius 1 is 0.650 bits per heavy atom. The van der Waals surface area contributed by atoms with Crippen molar-refractivity contribution in [3.8, 4) is 11.1 Å². The van der Waals surface area contributed by atoms with Gasteiger partial charge in [0.15, 0.2) is 0 Å². The van der Waals surface area contributed by atoms with Crippen molar-refractivity contribution in [2.45, 2.75) is 65.2 Å². The summed E-state index contributed by atoms with van der Waals surface area (Å²) in [6.45, 7) is 13.8. The number of fused-ring (bicyclic) bond motifs is 1. The summed E-state index contributed by atoms with van der Waals surface area (Å²) in [4.78, 5) is 0. The molecule has 0 bridgehead atoms. The van der Waals surface area contributed by atoms with Crippen LogP contribution < -0.4 is 0 Å². The zero-order valence-electron chi connectivity index (χ0n) is 13.9. The van der Waals surface area contributed by atoms with Crippen molar-refractivity contribution in [1.29, 1.82) is 0 Å². The van der Waals surface area contributed by atoms with Gasteiger partial charge in [0.2, 0.25) is 0 Å². The van der Waals surface area contributed by atoms with E-state index in [0.717, 1.165) is 6.42 Å². The molecule has 0 amide bonds. The normalized spacial score (nSPS) is 12.9. The average Bonchev–Trinajstić information content (AvgIpc) is 2.72. The number of rotatable bonds is 4. The smallest absolute Gasteiger partial charge is 0.0106 e. The van der Waals surface area contributed by atoms with E-state index in [0.29, 0.717) is 0 Å². The molecular weight excluding hydrogens is 240 g/mol. The van der Waals surface area contributed by atoms with Crippen molar-refractivity contribution in [2.75, 3.05) is 0 Å². The lowest BCUT2D eigenvalue weighted by molar-refractivity contribution is 0.506. The van der Waals surface area contributed by atoms with Gasteiger partial charge in [0.25, 0.3) is 0 Å². The molecular formula is C20H28. The SMILES string of the molecule is CCC(C)(C)c1ccc2cc(C(C)(C)CC)cc-2cc1. The van der Waals surface area contributed by atoms with Gasteiger partial charge in [-0.2, -0.15) is 0 Å². The Hall–Kier alpha value is -1.30. The first-order chi connectivity index (χ1) is 9.30. The van der Waals surface area contributed by atoms with Gasteiger partial charge in [-0.15, -0.1) is 0 Å². The van der Waals surface area contributed by atoms with E-state index in [2.05, 4.69) is 77.9 Å². The van der Waals surface area contributed by atoms with Crippen LogP contribution in [0.15, 0.2) is 36.4 Å². The van der Waals surface area contributed by atoms with Crippen LogP contribution in [0.2, 0.25) is 0 Å². The van der Waals surface area contributed by atoms with Gasteiger partial charge >= 0.3 is 0 Å². The van der Waals surface area contributed by atoms with Crippen LogP contribution in [0.4, 0.5) is 0 Å². The minimum atomic E-state index is 0.252. The van der Waals surface area contributed by atoms with Gasteiger partial charge in [-0.05, 0) is 45.9 Å². The molecule has 0 N–H and O–H groups in total. The van der Waals surface area contributed by atoms with E-state index in [4.69, 9.17) is 0 Å². The summed E-state index contributed by atoms with van der Waals surface area (Å²) >= 11 is 0. The highest BCUT2D eigenvalue weighted by Gasteiger charge is 2.22. The van der Waals surface area contributed by atoms with Crippen molar-refractivity contribution >= 4 is 0 Å². The molecule has 0 radical (unpaired) electrons. The molecule has 0 spiro atoms. The molecule has 0 atom stereocenters. The molecule has 108 valence electrons. The third-order valence-corrected chi connectivity index (χ3v) is 5.17. The molecule has 0 unspecified atom stereocenters. The van der Waals surface area contributed by atoms with Crippen LogP contribution in [0.3, 0.4) is 0 Å². The average molecular weight is 268 g/mol. The molecule has 0 aromatic rings. The maximum absolute atomic E-state index is 2.36. The van der Waals surface area contributed by atoms with Crippen molar-refractivity contribution in [3.63, 3.8) is 0 Å². The summed E-state index contributed by atoms with van der Waals surface area (Å²) in [5.41, 5.74) is 6.12. The molecule has 2 aliphatic carbocycles. The number of hydrogen-bond acceptors (Lipinski definition) is 0. The van der Waals surface area contributed by atoms with Crippen LogP contribution >= 0.6 is 0 Å². The topological polar surface area (TPSA) is 0 Å². The second kappa shape index (κ2) is 5.24. The fourth-order valence-electron chi connectivity index (χ4n) is 2.50. The molecule has 0 fully saturated rings. The van der Waals surface area contributed by atoms with Gasteiger partial charge in [-0.1, -0.05) is 77.9 Å². The van der Waals surface area contributed by atoms with E-state index < -0.39 is 0 Å². The van der Waals surface area contributed by atoms with Crippen LogP contribution in [0, 0.1) is 0 Å². The highest BCUT2D eigenvalue weighted by atomic mass is 14.3. The van der Waals surface area contributed by atoms with Crippen molar-refractivity contribution in [2.24, 2.45) is 0 Å². The van der Waals surface area contributed by atoms with E-state index in [1.54, 1.807) is 0 Å². The molecule has 2 aliphatic rings. The van der Waals surface area contributed by atoms with E-state index >= 15 is 0 Å². The molecule has 20 heavy (non-hydrogen) atoms. The molecule has 0 heterocycles. The van der Waals surface area contributed by atoms with Crippen LogP contribution in [-0.4, -0.2) is 0 Å². The third kappa shape index (κ3) is 2.75. The van der Waals surface area contributed by atoms with E-state index in [9.17, 15) is 0 Å². The predicted octanol–water partition coefficient (Wildman–Crippen LogP) is 6.17. The Labute approximate surface area is 124 Å². The molecule has 0 aromatic heterocycles. The van der Waals surface area contributed by atoms with E-state index in [1.807, 2.05) is 0 Å². The first-order valence-corrected chi connectivity index (χ1v) is 7.85. The zero-order valence-corrected chi connectivity index (χ0v) is 13.9. The Balaban J connectivity index is 2.48. The first-order valence-electron chi connectivity index (χ1n) is 7.85. The molecule has 0 heteroatoms. The highest BCUT2D eigenvalue weighted by Crippen LogP contribution is 2.36. The Bertz CT molecular complexity index is 513. The second-order valence-electron chi connectivity index (χ2n) is 7.25. The molecule has 0 aliphatic heterocycles. The van der Waals surface area contributed by atoms with Gasteiger partial charge in [0, 0.05) is 0 Å². The maximum atomic E-state index is 2.36. The molecule has 0 saturated carbocycles. The van der Waals surface area contributed by atoms with Crippen molar-refractivity contribution < 1.29 is 0 Å². The highest BCUT2D eigenvalue weighted by molar-refractivity contribution is 5.69. The third-order valence-electron chi connectivity index (χ3n) is 5.17. The first kappa shape index (κ1) is 15.1. The second-order valence-corrected chi connectivity index (χ2v) is 7.25. The lowest BCUT2D eigenvalue weighted by Crippen LogP contribution is -2.14. The van der Waals surface area contributed by atoms with Crippen LogP contribution in [0.1, 0.15) is 65.5 Å². The Morgan fingerprint density at radius 2 is 1.05 bits per heavy atom. The van der Waals surface area contributed by atoms with Crippen LogP contribution in [0.25, 0.3) is 11.1 Å². The molecule has 0 nitrogen and oxygen atoms in total. The summed E-state index contributed by atoms with van der Waals surface area (Å²) in [6.07, 6.45) is 2.33. The van der Waals surface area contributed by atoms with Gasteiger partial charge < -0.3 is 0 Å². The Kier molecular flexibility index (Phi) is 3.95. The Morgan fingerprint density at radius 3 is 1.45 bits per heavy atom. The standard InChI is InChI=1S/C20H28/c1-7-19(3,4)17-11-9-15-13-18(20(5,6)8-2)14-16(15)10-12-17/h9-14H,7-8H2,1-6H3. The zero-order chi connectivity index (χ0) is 15.0. The summed E-state index contributed by atoms with van der Waals surface area (Å²) in [5, 5.41) is 0. The minimum absolute atomic E-state index is 0.252. The van der Waals surface area contributed by atoms with Gasteiger partial charge in [-0.3, -0.25) is 0 Å². The summed E-state index contributed by atoms with van der Waals surface area (Å²) < 4.78 is 0. The van der Waals surface area contributed by atoms with Gasteiger partial charge in [0.05, 0.1) is 0 Å². The lowest BCUT2D eigenvalue weighted by atomic mass is 9.83. The predicted molar refractivity (Wildman–Crippen MR) is 89.7 cm³/mol. The van der Waals surface area contributed by atoms with E-state index in [-0.39, 0.29) is 10.8 Å². The maximum Gasteiger partial charge on any atom is -0.0106 e. The summed E-state index contributed by atoms with van der Waals surface area (Å²) in [7, 11) is 0. The van der Waals surface area contributed by atoms with Gasteiger partial charge in [-0.25, -0.2) is 0 Å². The molecule has 0 aromatic carbocycles. The molecule has 0 saturated heterocycles. The summed E-state index contributed by atoms with van der Waals surface area (Å²) in [6, 6.07) is 13.9. The van der Waals surface area contributed by atoms with Gasteiger partial charge in [0.1, 0.15) is 0 Å².